The molecular formula is C12H5Br5O. The zero-order valence-corrected chi connectivity index (χ0v) is 16.6. The lowest BCUT2D eigenvalue weighted by Gasteiger charge is -2.11. The summed E-state index contributed by atoms with van der Waals surface area (Å²) in [7, 11) is 0. The highest BCUT2D eigenvalue weighted by molar-refractivity contribution is 9.13. The molecule has 0 aliphatic rings. The third kappa shape index (κ3) is 3.60. The SMILES string of the molecule is Brc1ccc(Oc2cc(Br)cc(Br)c2Br)c(Br)c1. The van der Waals surface area contributed by atoms with Crippen LogP contribution in [0.15, 0.2) is 52.7 Å². The van der Waals surface area contributed by atoms with Gasteiger partial charge in [0, 0.05) is 13.4 Å². The second-order valence-electron chi connectivity index (χ2n) is 3.38. The molecule has 0 fully saturated rings. The molecule has 0 N–H and O–H groups in total. The van der Waals surface area contributed by atoms with Gasteiger partial charge in [-0.1, -0.05) is 31.9 Å². The van der Waals surface area contributed by atoms with E-state index in [9.17, 15) is 0 Å². The number of halogens is 5. The van der Waals surface area contributed by atoms with Crippen molar-refractivity contribution in [1.82, 2.24) is 0 Å². The molecule has 0 heterocycles. The van der Waals surface area contributed by atoms with Crippen LogP contribution in [0.4, 0.5) is 0 Å². The Morgan fingerprint density at radius 3 is 2.00 bits per heavy atom. The Labute approximate surface area is 147 Å². The molecule has 2 aromatic carbocycles. The van der Waals surface area contributed by atoms with Crippen LogP contribution in [0.3, 0.4) is 0 Å². The highest BCUT2D eigenvalue weighted by Gasteiger charge is 2.10. The van der Waals surface area contributed by atoms with E-state index in [0.29, 0.717) is 0 Å². The molecule has 0 aliphatic carbocycles. The molecule has 2 aromatic rings. The highest BCUT2D eigenvalue weighted by atomic mass is 79.9. The Hall–Kier alpha value is 0.640. The van der Waals surface area contributed by atoms with E-state index in [1.165, 1.54) is 0 Å². The lowest BCUT2D eigenvalue weighted by atomic mass is 10.3. The average Bonchev–Trinajstić information content (AvgIpc) is 2.29. The van der Waals surface area contributed by atoms with Crippen LogP contribution in [-0.2, 0) is 0 Å². The van der Waals surface area contributed by atoms with Gasteiger partial charge < -0.3 is 4.74 Å². The summed E-state index contributed by atoms with van der Waals surface area (Å²) in [6.07, 6.45) is 0. The minimum Gasteiger partial charge on any atom is -0.455 e. The summed E-state index contributed by atoms with van der Waals surface area (Å²) in [6, 6.07) is 9.63. The van der Waals surface area contributed by atoms with Crippen LogP contribution in [0.2, 0.25) is 0 Å². The van der Waals surface area contributed by atoms with E-state index in [4.69, 9.17) is 4.74 Å². The molecule has 0 saturated carbocycles. The lowest BCUT2D eigenvalue weighted by molar-refractivity contribution is 0.476. The quantitative estimate of drug-likeness (QED) is 0.348. The van der Waals surface area contributed by atoms with E-state index in [1.54, 1.807) is 0 Å². The van der Waals surface area contributed by atoms with Crippen molar-refractivity contribution in [3.63, 3.8) is 0 Å². The maximum absolute atomic E-state index is 5.88. The first-order valence-electron chi connectivity index (χ1n) is 4.75. The Bertz CT molecular complexity index is 597. The summed E-state index contributed by atoms with van der Waals surface area (Å²) >= 11 is 17.3. The van der Waals surface area contributed by atoms with Gasteiger partial charge in [0.25, 0.3) is 0 Å². The molecule has 0 bridgehead atoms. The molecule has 6 heteroatoms. The van der Waals surface area contributed by atoms with Crippen molar-refractivity contribution in [1.29, 1.82) is 0 Å². The Morgan fingerprint density at radius 1 is 0.667 bits per heavy atom. The zero-order chi connectivity index (χ0) is 13.3. The Morgan fingerprint density at radius 2 is 1.33 bits per heavy atom. The van der Waals surface area contributed by atoms with Crippen LogP contribution < -0.4 is 4.74 Å². The van der Waals surface area contributed by atoms with Crippen molar-refractivity contribution in [2.24, 2.45) is 0 Å². The van der Waals surface area contributed by atoms with E-state index in [0.717, 1.165) is 33.9 Å². The van der Waals surface area contributed by atoms with Crippen LogP contribution in [-0.4, -0.2) is 0 Å². The topological polar surface area (TPSA) is 9.23 Å². The lowest BCUT2D eigenvalue weighted by Crippen LogP contribution is -1.88. The molecule has 0 unspecified atom stereocenters. The number of hydrogen-bond donors (Lipinski definition) is 0. The van der Waals surface area contributed by atoms with Crippen LogP contribution in [0, 0.1) is 0 Å². The minimum atomic E-state index is 0.735. The third-order valence-electron chi connectivity index (χ3n) is 2.07. The molecule has 0 saturated heterocycles. The van der Waals surface area contributed by atoms with Crippen molar-refractivity contribution >= 4 is 79.6 Å². The maximum Gasteiger partial charge on any atom is 0.143 e. The van der Waals surface area contributed by atoms with Gasteiger partial charge >= 0.3 is 0 Å². The van der Waals surface area contributed by atoms with E-state index in [-0.39, 0.29) is 0 Å². The van der Waals surface area contributed by atoms with Gasteiger partial charge in [0.05, 0.1) is 8.95 Å². The monoisotopic (exact) mass is 560 g/mol. The number of hydrogen-bond acceptors (Lipinski definition) is 1. The summed E-state index contributed by atoms with van der Waals surface area (Å²) in [4.78, 5) is 0. The second-order valence-corrected chi connectivity index (χ2v) is 7.71. The molecule has 0 aromatic heterocycles. The smallest absolute Gasteiger partial charge is 0.143 e. The Kier molecular flexibility index (Phi) is 5.34. The summed E-state index contributed by atoms with van der Waals surface area (Å²) in [5.74, 6) is 1.49. The van der Waals surface area contributed by atoms with Crippen molar-refractivity contribution in [2.45, 2.75) is 0 Å². The Balaban J connectivity index is 2.40. The van der Waals surface area contributed by atoms with Crippen molar-refractivity contribution < 1.29 is 4.74 Å². The fraction of sp³-hybridized carbons (Fsp3) is 0. The predicted octanol–water partition coefficient (Wildman–Crippen LogP) is 7.29. The summed E-state index contributed by atoms with van der Waals surface area (Å²) in [6.45, 7) is 0. The van der Waals surface area contributed by atoms with Gasteiger partial charge in [-0.2, -0.15) is 0 Å². The third-order valence-corrected chi connectivity index (χ3v) is 5.62. The largest absolute Gasteiger partial charge is 0.455 e. The fourth-order valence-corrected chi connectivity index (χ4v) is 3.91. The van der Waals surface area contributed by atoms with E-state index < -0.39 is 0 Å². The highest BCUT2D eigenvalue weighted by Crippen LogP contribution is 2.40. The van der Waals surface area contributed by atoms with E-state index >= 15 is 0 Å². The van der Waals surface area contributed by atoms with Gasteiger partial charge in [0.15, 0.2) is 0 Å². The minimum absolute atomic E-state index is 0.735. The first-order valence-corrected chi connectivity index (χ1v) is 8.71. The van der Waals surface area contributed by atoms with Gasteiger partial charge in [-0.15, -0.1) is 0 Å². The molecule has 0 atom stereocenters. The van der Waals surface area contributed by atoms with Crippen LogP contribution in [0.25, 0.3) is 0 Å². The summed E-state index contributed by atoms with van der Waals surface area (Å²) in [5.41, 5.74) is 0. The first-order chi connectivity index (χ1) is 8.47. The maximum atomic E-state index is 5.88. The molecule has 0 amide bonds. The molecule has 2 rings (SSSR count). The van der Waals surface area contributed by atoms with Gasteiger partial charge in [0.1, 0.15) is 11.5 Å². The van der Waals surface area contributed by atoms with Crippen LogP contribution in [0.5, 0.6) is 11.5 Å². The van der Waals surface area contributed by atoms with Gasteiger partial charge in [0.2, 0.25) is 0 Å². The van der Waals surface area contributed by atoms with Crippen molar-refractivity contribution in [2.75, 3.05) is 0 Å². The molecule has 0 spiro atoms. The fourth-order valence-electron chi connectivity index (χ4n) is 1.28. The molecular weight excluding hydrogens is 560 g/mol. The molecule has 18 heavy (non-hydrogen) atoms. The van der Waals surface area contributed by atoms with E-state index in [2.05, 4.69) is 79.6 Å². The van der Waals surface area contributed by atoms with Gasteiger partial charge in [-0.25, -0.2) is 0 Å². The zero-order valence-electron chi connectivity index (χ0n) is 8.68. The predicted molar refractivity (Wildman–Crippen MR) is 91.5 cm³/mol. The van der Waals surface area contributed by atoms with Crippen LogP contribution >= 0.6 is 79.6 Å². The van der Waals surface area contributed by atoms with Gasteiger partial charge in [-0.05, 0) is 78.1 Å². The second kappa shape index (κ2) is 6.39. The van der Waals surface area contributed by atoms with Crippen LogP contribution in [0.1, 0.15) is 0 Å². The molecule has 1 nitrogen and oxygen atoms in total. The van der Waals surface area contributed by atoms with Crippen molar-refractivity contribution in [3.8, 4) is 11.5 Å². The molecule has 94 valence electrons. The summed E-state index contributed by atoms with van der Waals surface area (Å²) < 4.78 is 10.5. The average molecular weight is 565 g/mol. The van der Waals surface area contributed by atoms with Crippen molar-refractivity contribution in [3.05, 3.63) is 52.7 Å². The van der Waals surface area contributed by atoms with E-state index in [1.807, 2.05) is 30.3 Å². The molecule has 0 aliphatic heterocycles. The van der Waals surface area contributed by atoms with Gasteiger partial charge in [-0.3, -0.25) is 0 Å². The number of ether oxygens (including phenoxy) is 1. The number of benzene rings is 2. The first kappa shape index (κ1) is 15.0. The normalized spacial score (nSPS) is 10.5. The standard InChI is InChI=1S/C12H5Br5O/c13-6-1-2-10(8(15)3-6)18-11-5-7(14)4-9(16)12(11)17/h1-5H. The number of rotatable bonds is 2. The summed E-state index contributed by atoms with van der Waals surface area (Å²) in [5, 5.41) is 0. The molecule has 0 radical (unpaired) electrons.